The predicted octanol–water partition coefficient (Wildman–Crippen LogP) is 2.71. The van der Waals surface area contributed by atoms with E-state index in [0.29, 0.717) is 12.0 Å². The fraction of sp³-hybridized carbons (Fsp3) is 0.222. The van der Waals surface area contributed by atoms with Crippen molar-refractivity contribution in [3.8, 4) is 5.75 Å². The summed E-state index contributed by atoms with van der Waals surface area (Å²) in [6.07, 6.45) is -0.196. The fourth-order valence-corrected chi connectivity index (χ4v) is 2.88. The molecular weight excluding hydrogens is 310 g/mol. The number of fused-ring (bicyclic) bond motifs is 1. The lowest BCUT2D eigenvalue weighted by molar-refractivity contribution is -0.143. The molecule has 24 heavy (non-hydrogen) atoms. The number of carboxylic acid groups (broad SMARTS) is 1. The van der Waals surface area contributed by atoms with E-state index in [1.165, 1.54) is 17.0 Å². The number of carbonyl (C=O) groups is 2. The van der Waals surface area contributed by atoms with Crippen LogP contribution in [0.15, 0.2) is 48.5 Å². The van der Waals surface area contributed by atoms with Gasteiger partial charge in [-0.05, 0) is 35.2 Å². The Labute approximate surface area is 138 Å². The molecule has 0 bridgehead atoms. The van der Waals surface area contributed by atoms with Gasteiger partial charge in [0.15, 0.2) is 6.04 Å². The zero-order valence-electron chi connectivity index (χ0n) is 12.9. The molecule has 0 saturated carbocycles. The van der Waals surface area contributed by atoms with Crippen molar-refractivity contribution in [2.75, 3.05) is 6.54 Å². The Bertz CT molecular complexity index is 759. The summed E-state index contributed by atoms with van der Waals surface area (Å²) in [5, 5.41) is 19.1. The Hall–Kier alpha value is -3.02. The molecule has 1 aliphatic rings. The van der Waals surface area contributed by atoms with Crippen molar-refractivity contribution in [1.82, 2.24) is 4.90 Å². The molecule has 6 nitrogen and oxygen atoms in total. The number of aliphatic carboxylic acids is 1. The second-order valence-electron chi connectivity index (χ2n) is 5.61. The van der Waals surface area contributed by atoms with Gasteiger partial charge in [0.05, 0.1) is 0 Å². The minimum Gasteiger partial charge on any atom is -0.508 e. The first-order valence-corrected chi connectivity index (χ1v) is 7.58. The van der Waals surface area contributed by atoms with Crippen LogP contribution < -0.4 is 0 Å². The van der Waals surface area contributed by atoms with Crippen LogP contribution in [0.25, 0.3) is 0 Å². The fourth-order valence-electron chi connectivity index (χ4n) is 2.88. The molecular formula is C18H17NO5. The van der Waals surface area contributed by atoms with Crippen LogP contribution in [0, 0.1) is 0 Å². The number of phenols is 1. The van der Waals surface area contributed by atoms with Gasteiger partial charge in [0.1, 0.15) is 12.4 Å². The molecule has 2 aromatic carbocycles. The van der Waals surface area contributed by atoms with Gasteiger partial charge in [-0.1, -0.05) is 36.4 Å². The Balaban J connectivity index is 1.78. The lowest BCUT2D eigenvalue weighted by Gasteiger charge is -2.34. The van der Waals surface area contributed by atoms with Crippen molar-refractivity contribution in [3.63, 3.8) is 0 Å². The maximum Gasteiger partial charge on any atom is 0.411 e. The van der Waals surface area contributed by atoms with E-state index in [9.17, 15) is 19.8 Å². The largest absolute Gasteiger partial charge is 0.508 e. The van der Waals surface area contributed by atoms with Crippen molar-refractivity contribution in [2.24, 2.45) is 0 Å². The smallest absolute Gasteiger partial charge is 0.411 e. The summed E-state index contributed by atoms with van der Waals surface area (Å²) >= 11 is 0. The summed E-state index contributed by atoms with van der Waals surface area (Å²) in [4.78, 5) is 25.2. The van der Waals surface area contributed by atoms with Gasteiger partial charge < -0.3 is 14.9 Å². The van der Waals surface area contributed by atoms with Gasteiger partial charge in [0.2, 0.25) is 0 Å². The first kappa shape index (κ1) is 15.9. The number of amides is 1. The lowest BCUT2D eigenvalue weighted by atomic mass is 9.92. The third kappa shape index (κ3) is 3.17. The Morgan fingerprint density at radius 2 is 1.92 bits per heavy atom. The average Bonchev–Trinajstić information content (AvgIpc) is 2.59. The number of ether oxygens (including phenoxy) is 1. The van der Waals surface area contributed by atoms with Gasteiger partial charge in [-0.15, -0.1) is 0 Å². The van der Waals surface area contributed by atoms with E-state index in [2.05, 4.69) is 0 Å². The van der Waals surface area contributed by atoms with Crippen molar-refractivity contribution < 1.29 is 24.5 Å². The predicted molar refractivity (Wildman–Crippen MR) is 85.5 cm³/mol. The third-order valence-corrected chi connectivity index (χ3v) is 4.03. The van der Waals surface area contributed by atoms with Crippen LogP contribution in [0.1, 0.15) is 22.7 Å². The summed E-state index contributed by atoms with van der Waals surface area (Å²) in [7, 11) is 0. The molecule has 0 unspecified atom stereocenters. The van der Waals surface area contributed by atoms with Crippen LogP contribution >= 0.6 is 0 Å². The molecule has 0 radical (unpaired) electrons. The van der Waals surface area contributed by atoms with Crippen LogP contribution in [0.4, 0.5) is 4.79 Å². The molecule has 0 saturated heterocycles. The highest BCUT2D eigenvalue weighted by molar-refractivity contribution is 5.82. The van der Waals surface area contributed by atoms with E-state index >= 15 is 0 Å². The maximum absolute atomic E-state index is 12.4. The zero-order chi connectivity index (χ0) is 17.1. The quantitative estimate of drug-likeness (QED) is 0.905. The Morgan fingerprint density at radius 3 is 2.62 bits per heavy atom. The summed E-state index contributed by atoms with van der Waals surface area (Å²) in [5.41, 5.74) is 2.07. The minimum atomic E-state index is -1.13. The van der Waals surface area contributed by atoms with Crippen molar-refractivity contribution in [3.05, 3.63) is 65.2 Å². The van der Waals surface area contributed by atoms with E-state index in [-0.39, 0.29) is 18.9 Å². The van der Waals surface area contributed by atoms with Gasteiger partial charge in [0, 0.05) is 6.54 Å². The normalized spacial score (nSPS) is 16.3. The molecule has 2 aromatic rings. The molecule has 1 atom stereocenters. The molecule has 1 heterocycles. The minimum absolute atomic E-state index is 0.0815. The monoisotopic (exact) mass is 327 g/mol. The first-order valence-electron chi connectivity index (χ1n) is 7.58. The number of nitrogens with zero attached hydrogens (tertiary/aromatic N) is 1. The molecule has 2 N–H and O–H groups in total. The second kappa shape index (κ2) is 6.62. The molecule has 1 aliphatic heterocycles. The van der Waals surface area contributed by atoms with Gasteiger partial charge in [-0.2, -0.15) is 0 Å². The average molecular weight is 327 g/mol. The van der Waals surface area contributed by atoms with Gasteiger partial charge in [0.25, 0.3) is 0 Å². The van der Waals surface area contributed by atoms with Crippen molar-refractivity contribution in [2.45, 2.75) is 19.1 Å². The molecule has 0 aromatic heterocycles. The molecule has 0 aliphatic carbocycles. The topological polar surface area (TPSA) is 87.1 Å². The van der Waals surface area contributed by atoms with E-state index in [1.54, 1.807) is 6.07 Å². The number of rotatable bonds is 3. The van der Waals surface area contributed by atoms with Gasteiger partial charge in [-0.3, -0.25) is 4.90 Å². The van der Waals surface area contributed by atoms with Crippen LogP contribution in [-0.2, 0) is 22.6 Å². The lowest BCUT2D eigenvalue weighted by Crippen LogP contribution is -2.43. The highest BCUT2D eigenvalue weighted by Gasteiger charge is 2.37. The highest BCUT2D eigenvalue weighted by Crippen LogP contribution is 2.32. The van der Waals surface area contributed by atoms with E-state index in [0.717, 1.165) is 11.1 Å². The second-order valence-corrected chi connectivity index (χ2v) is 5.61. The zero-order valence-corrected chi connectivity index (χ0v) is 12.9. The Morgan fingerprint density at radius 1 is 1.17 bits per heavy atom. The Kier molecular flexibility index (Phi) is 4.37. The number of benzene rings is 2. The van der Waals surface area contributed by atoms with Crippen molar-refractivity contribution >= 4 is 12.1 Å². The number of hydrogen-bond donors (Lipinski definition) is 2. The number of aromatic hydroxyl groups is 1. The number of carboxylic acids is 1. The standard InChI is InChI=1S/C18H17NO5/c20-14-6-7-15-13(10-14)8-9-19(16(15)17(21)22)18(23)24-11-12-4-2-1-3-5-12/h1-7,10,16,20H,8-9,11H2,(H,21,22)/t16-/m0/s1. The molecule has 1 amide bonds. The number of carbonyl (C=O) groups excluding carboxylic acids is 1. The molecule has 6 heteroatoms. The summed E-state index contributed by atoms with van der Waals surface area (Å²) < 4.78 is 5.26. The first-order chi connectivity index (χ1) is 11.6. The van der Waals surface area contributed by atoms with Crippen LogP contribution in [-0.4, -0.2) is 33.7 Å². The van der Waals surface area contributed by atoms with E-state index in [1.807, 2.05) is 30.3 Å². The van der Waals surface area contributed by atoms with E-state index < -0.39 is 18.1 Å². The summed E-state index contributed by atoms with van der Waals surface area (Å²) in [6.45, 7) is 0.311. The number of hydrogen-bond acceptors (Lipinski definition) is 4. The highest BCUT2D eigenvalue weighted by atomic mass is 16.6. The van der Waals surface area contributed by atoms with Gasteiger partial charge in [-0.25, -0.2) is 9.59 Å². The van der Waals surface area contributed by atoms with Crippen molar-refractivity contribution in [1.29, 1.82) is 0 Å². The van der Waals surface area contributed by atoms with Gasteiger partial charge >= 0.3 is 12.1 Å². The molecule has 3 rings (SSSR count). The SMILES string of the molecule is O=C(O)[C@@H]1c2ccc(O)cc2CCN1C(=O)OCc1ccccc1. The number of phenolic OH excluding ortho intramolecular Hbond substituents is 1. The maximum atomic E-state index is 12.4. The van der Waals surface area contributed by atoms with Crippen LogP contribution in [0.3, 0.4) is 0 Å². The summed E-state index contributed by atoms with van der Waals surface area (Å²) in [5.74, 6) is -1.05. The molecule has 124 valence electrons. The molecule has 0 spiro atoms. The van der Waals surface area contributed by atoms with Crippen LogP contribution in [0.2, 0.25) is 0 Å². The van der Waals surface area contributed by atoms with Crippen LogP contribution in [0.5, 0.6) is 5.75 Å². The third-order valence-electron chi connectivity index (χ3n) is 4.03. The summed E-state index contributed by atoms with van der Waals surface area (Å²) in [6, 6.07) is 12.6. The molecule has 0 fully saturated rings. The van der Waals surface area contributed by atoms with E-state index in [4.69, 9.17) is 4.74 Å².